The number of aliphatic imine (C=N–C) groups is 1. The van der Waals surface area contributed by atoms with E-state index in [-0.39, 0.29) is 24.0 Å². The first-order valence-corrected chi connectivity index (χ1v) is 8.92. The summed E-state index contributed by atoms with van der Waals surface area (Å²) in [7, 11) is 0. The molecule has 1 fully saturated rings. The minimum atomic E-state index is 0. The van der Waals surface area contributed by atoms with Crippen LogP contribution in [0, 0.1) is 20.8 Å². The quantitative estimate of drug-likeness (QED) is 0.423. The van der Waals surface area contributed by atoms with Crippen molar-refractivity contribution in [2.75, 3.05) is 24.6 Å². The maximum Gasteiger partial charge on any atom is 0.191 e. The summed E-state index contributed by atoms with van der Waals surface area (Å²) in [5, 5.41) is 1.30. The molecule has 0 atom stereocenters. The van der Waals surface area contributed by atoms with Gasteiger partial charge in [-0.2, -0.15) is 11.8 Å². The second-order valence-corrected chi connectivity index (χ2v) is 7.22. The van der Waals surface area contributed by atoms with Crippen LogP contribution in [0.5, 0.6) is 0 Å². The fourth-order valence-corrected chi connectivity index (χ4v) is 3.87. The van der Waals surface area contributed by atoms with E-state index >= 15 is 0 Å². The Morgan fingerprint density at radius 2 is 1.96 bits per heavy atom. The molecule has 0 unspecified atom stereocenters. The van der Waals surface area contributed by atoms with Gasteiger partial charge in [0.2, 0.25) is 0 Å². The minimum absolute atomic E-state index is 0. The summed E-state index contributed by atoms with van der Waals surface area (Å²) < 4.78 is 0. The van der Waals surface area contributed by atoms with Crippen molar-refractivity contribution >= 4 is 52.6 Å². The molecule has 6 heteroatoms. The number of H-pyrrole nitrogens is 1. The first kappa shape index (κ1) is 18.4. The first-order chi connectivity index (χ1) is 10.6. The third kappa shape index (κ3) is 3.96. The molecule has 0 saturated carbocycles. The summed E-state index contributed by atoms with van der Waals surface area (Å²) in [4.78, 5) is 10.3. The molecule has 23 heavy (non-hydrogen) atoms. The van der Waals surface area contributed by atoms with Crippen molar-refractivity contribution in [1.82, 2.24) is 9.88 Å². The molecule has 2 heterocycles. The van der Waals surface area contributed by atoms with E-state index in [1.54, 1.807) is 0 Å². The van der Waals surface area contributed by atoms with Gasteiger partial charge in [-0.25, -0.2) is 4.99 Å². The molecule has 1 aromatic heterocycles. The number of rotatable bonds is 2. The zero-order valence-electron chi connectivity index (χ0n) is 14.0. The van der Waals surface area contributed by atoms with Crippen LogP contribution in [0.2, 0.25) is 0 Å². The van der Waals surface area contributed by atoms with Crippen molar-refractivity contribution in [3.05, 3.63) is 34.5 Å². The number of nitrogens with zero attached hydrogens (tertiary/aromatic N) is 2. The van der Waals surface area contributed by atoms with Crippen LogP contribution in [-0.2, 0) is 6.54 Å². The second-order valence-electron chi connectivity index (χ2n) is 6.00. The molecule has 0 radical (unpaired) electrons. The van der Waals surface area contributed by atoms with Crippen LogP contribution in [0.1, 0.15) is 22.4 Å². The van der Waals surface area contributed by atoms with E-state index in [0.29, 0.717) is 12.5 Å². The number of aromatic nitrogens is 1. The van der Waals surface area contributed by atoms with E-state index in [1.807, 2.05) is 11.8 Å². The van der Waals surface area contributed by atoms with Gasteiger partial charge in [0.25, 0.3) is 0 Å². The van der Waals surface area contributed by atoms with Gasteiger partial charge in [0.05, 0.1) is 12.1 Å². The van der Waals surface area contributed by atoms with Crippen molar-refractivity contribution in [1.29, 1.82) is 0 Å². The predicted octanol–water partition coefficient (Wildman–Crippen LogP) is 3.57. The molecule has 0 spiro atoms. The van der Waals surface area contributed by atoms with Crippen LogP contribution in [0.15, 0.2) is 17.1 Å². The third-order valence-corrected chi connectivity index (χ3v) is 5.33. The number of hydrogen-bond acceptors (Lipinski definition) is 2. The molecule has 126 valence electrons. The Bertz CT molecular complexity index is 717. The molecule has 3 N–H and O–H groups in total. The van der Waals surface area contributed by atoms with E-state index in [1.165, 1.54) is 33.3 Å². The largest absolute Gasteiger partial charge is 0.370 e. The standard InChI is InChI=1S/C17H24N4S.HI/c1-11-8-14(16-15(9-11)12(2)13(3)20-16)10-19-17(18)21-4-6-22-7-5-21;/h8-9,20H,4-7,10H2,1-3H3,(H2,18,19);1H. The maximum atomic E-state index is 6.17. The molecule has 0 bridgehead atoms. The lowest BCUT2D eigenvalue weighted by Gasteiger charge is -2.27. The number of nitrogens with two attached hydrogens (primary N) is 1. The van der Waals surface area contributed by atoms with E-state index in [2.05, 4.69) is 47.8 Å². The molecular formula is C17H25IN4S. The average molecular weight is 444 g/mol. The average Bonchev–Trinajstić information content (AvgIpc) is 2.81. The van der Waals surface area contributed by atoms with Crippen LogP contribution >= 0.6 is 35.7 Å². The fraction of sp³-hybridized carbons (Fsp3) is 0.471. The minimum Gasteiger partial charge on any atom is -0.370 e. The Kier molecular flexibility index (Phi) is 6.25. The number of halogens is 1. The van der Waals surface area contributed by atoms with Gasteiger partial charge in [-0.1, -0.05) is 11.6 Å². The Labute approximate surface area is 159 Å². The predicted molar refractivity (Wildman–Crippen MR) is 112 cm³/mol. The summed E-state index contributed by atoms with van der Waals surface area (Å²) in [5.74, 6) is 2.95. The summed E-state index contributed by atoms with van der Waals surface area (Å²) in [6.07, 6.45) is 0. The van der Waals surface area contributed by atoms with Gasteiger partial charge >= 0.3 is 0 Å². The molecule has 4 nitrogen and oxygen atoms in total. The number of aryl methyl sites for hydroxylation is 3. The summed E-state index contributed by atoms with van der Waals surface area (Å²) in [6.45, 7) is 9.07. The first-order valence-electron chi connectivity index (χ1n) is 7.77. The van der Waals surface area contributed by atoms with Gasteiger partial charge in [0, 0.05) is 35.7 Å². The van der Waals surface area contributed by atoms with Crippen molar-refractivity contribution in [3.8, 4) is 0 Å². The lowest BCUT2D eigenvalue weighted by Crippen LogP contribution is -2.42. The monoisotopic (exact) mass is 444 g/mol. The number of nitrogens with one attached hydrogen (secondary N) is 1. The molecule has 0 aliphatic carbocycles. The molecule has 1 saturated heterocycles. The van der Waals surface area contributed by atoms with Crippen LogP contribution in [-0.4, -0.2) is 40.4 Å². The van der Waals surface area contributed by atoms with E-state index < -0.39 is 0 Å². The summed E-state index contributed by atoms with van der Waals surface area (Å²) in [5.41, 5.74) is 12.4. The topological polar surface area (TPSA) is 57.4 Å². The van der Waals surface area contributed by atoms with Gasteiger partial charge in [-0.05, 0) is 38.0 Å². The van der Waals surface area contributed by atoms with Crippen molar-refractivity contribution in [2.45, 2.75) is 27.3 Å². The Morgan fingerprint density at radius 1 is 1.26 bits per heavy atom. The van der Waals surface area contributed by atoms with Gasteiger partial charge in [0.15, 0.2) is 5.96 Å². The maximum absolute atomic E-state index is 6.17. The Morgan fingerprint density at radius 3 is 2.65 bits per heavy atom. The second kappa shape index (κ2) is 7.79. The van der Waals surface area contributed by atoms with Gasteiger partial charge < -0.3 is 15.6 Å². The number of aromatic amines is 1. The molecular weight excluding hydrogens is 419 g/mol. The van der Waals surface area contributed by atoms with E-state index in [4.69, 9.17) is 5.73 Å². The molecule has 1 aromatic carbocycles. The SMILES string of the molecule is Cc1cc(CN=C(N)N2CCSCC2)c2[nH]c(C)c(C)c2c1.I. The Balaban J connectivity index is 0.00000192. The van der Waals surface area contributed by atoms with Gasteiger partial charge in [-0.3, -0.25) is 0 Å². The third-order valence-electron chi connectivity index (χ3n) is 4.39. The summed E-state index contributed by atoms with van der Waals surface area (Å²) in [6, 6.07) is 4.45. The zero-order valence-corrected chi connectivity index (χ0v) is 17.1. The fourth-order valence-electron chi connectivity index (χ4n) is 2.97. The Hall–Kier alpha value is -0.890. The highest BCUT2D eigenvalue weighted by Gasteiger charge is 2.13. The van der Waals surface area contributed by atoms with E-state index in [9.17, 15) is 0 Å². The molecule has 0 amide bonds. The lowest BCUT2D eigenvalue weighted by atomic mass is 10.0. The highest BCUT2D eigenvalue weighted by Crippen LogP contribution is 2.26. The molecule has 1 aliphatic rings. The van der Waals surface area contributed by atoms with Gasteiger partial charge in [-0.15, -0.1) is 24.0 Å². The number of guanidine groups is 1. The van der Waals surface area contributed by atoms with Crippen LogP contribution < -0.4 is 5.73 Å². The lowest BCUT2D eigenvalue weighted by molar-refractivity contribution is 0.455. The highest BCUT2D eigenvalue weighted by atomic mass is 127. The van der Waals surface area contributed by atoms with Gasteiger partial charge in [0.1, 0.15) is 0 Å². The van der Waals surface area contributed by atoms with Crippen LogP contribution in [0.3, 0.4) is 0 Å². The molecule has 1 aliphatic heterocycles. The number of thioether (sulfide) groups is 1. The van der Waals surface area contributed by atoms with Crippen molar-refractivity contribution in [3.63, 3.8) is 0 Å². The number of hydrogen-bond donors (Lipinski definition) is 2. The van der Waals surface area contributed by atoms with Crippen molar-refractivity contribution in [2.24, 2.45) is 10.7 Å². The molecule has 2 aromatic rings. The van der Waals surface area contributed by atoms with Crippen LogP contribution in [0.25, 0.3) is 10.9 Å². The highest BCUT2D eigenvalue weighted by molar-refractivity contribution is 14.0. The summed E-state index contributed by atoms with van der Waals surface area (Å²) >= 11 is 1.98. The van der Waals surface area contributed by atoms with Crippen LogP contribution in [0.4, 0.5) is 0 Å². The molecule has 3 rings (SSSR count). The number of fused-ring (bicyclic) bond motifs is 1. The smallest absolute Gasteiger partial charge is 0.191 e. The number of benzene rings is 1. The normalized spacial score (nSPS) is 15.8. The van der Waals surface area contributed by atoms with Crippen molar-refractivity contribution < 1.29 is 0 Å². The van der Waals surface area contributed by atoms with E-state index in [0.717, 1.165) is 24.6 Å². The zero-order chi connectivity index (χ0) is 15.7.